The molecule has 0 saturated heterocycles. The average molecular weight is 430 g/mol. The maximum atomic E-state index is 13.3. The van der Waals surface area contributed by atoms with Gasteiger partial charge in [0.2, 0.25) is 0 Å². The number of hydrogen-bond donors (Lipinski definition) is 2. The van der Waals surface area contributed by atoms with Gasteiger partial charge in [-0.15, -0.1) is 11.3 Å². The first-order chi connectivity index (χ1) is 15.2. The van der Waals surface area contributed by atoms with E-state index in [9.17, 15) is 9.90 Å². The van der Waals surface area contributed by atoms with Crippen LogP contribution in [0.15, 0.2) is 83.9 Å². The van der Waals surface area contributed by atoms with Crippen LogP contribution in [0.3, 0.4) is 0 Å². The summed E-state index contributed by atoms with van der Waals surface area (Å²) in [6, 6.07) is 18.8. The van der Waals surface area contributed by atoms with Gasteiger partial charge in [0.05, 0.1) is 17.2 Å². The van der Waals surface area contributed by atoms with E-state index in [4.69, 9.17) is 0 Å². The molecule has 156 valence electrons. The molecule has 0 unspecified atom stereocenters. The van der Waals surface area contributed by atoms with Crippen LogP contribution in [0.1, 0.15) is 16.8 Å². The molecule has 0 aliphatic rings. The second kappa shape index (κ2) is 10.1. The van der Waals surface area contributed by atoms with Gasteiger partial charge < -0.3 is 10.4 Å². The van der Waals surface area contributed by atoms with Crippen molar-refractivity contribution in [2.75, 3.05) is 0 Å². The van der Waals surface area contributed by atoms with E-state index in [1.165, 1.54) is 11.3 Å². The molecule has 0 saturated carbocycles. The Labute approximate surface area is 185 Å². The summed E-state index contributed by atoms with van der Waals surface area (Å²) >= 11 is 1.53. The smallest absolute Gasteiger partial charge is 0.154 e. The number of phenolic OH excluding ortho intramolecular Hbond substituents is 1. The van der Waals surface area contributed by atoms with Crippen LogP contribution < -0.4 is 5.32 Å². The van der Waals surface area contributed by atoms with Crippen LogP contribution >= 0.6 is 11.3 Å². The zero-order chi connectivity index (χ0) is 21.5. The molecule has 0 bridgehead atoms. The zero-order valence-corrected chi connectivity index (χ0v) is 17.8. The van der Waals surface area contributed by atoms with Gasteiger partial charge in [-0.05, 0) is 47.4 Å². The summed E-state index contributed by atoms with van der Waals surface area (Å²) < 4.78 is 0. The Morgan fingerprint density at radius 1 is 1.03 bits per heavy atom. The highest BCUT2D eigenvalue weighted by atomic mass is 32.1. The minimum atomic E-state index is -0.381. The molecule has 2 aromatic heterocycles. The minimum absolute atomic E-state index is 0.0289. The summed E-state index contributed by atoms with van der Waals surface area (Å²) in [5, 5.41) is 15.7. The molecule has 2 aromatic carbocycles. The van der Waals surface area contributed by atoms with Gasteiger partial charge in [-0.1, -0.05) is 36.4 Å². The van der Waals surface area contributed by atoms with Gasteiger partial charge >= 0.3 is 0 Å². The SMILES string of the molecule is O=C(Cc1cc(-c2ccncc2)ccc1O)[C@H](Cc1ccccc1)NCc1cscn1. The molecule has 0 aliphatic carbocycles. The summed E-state index contributed by atoms with van der Waals surface area (Å²) in [6.07, 6.45) is 4.18. The molecule has 0 radical (unpaired) electrons. The number of Topliss-reactive ketones (excluding diaryl/α,β-unsaturated/α-hetero) is 1. The monoisotopic (exact) mass is 429 g/mol. The van der Waals surface area contributed by atoms with Crippen molar-refractivity contribution >= 4 is 17.1 Å². The number of thiazole rings is 1. The molecular weight excluding hydrogens is 406 g/mol. The number of benzene rings is 2. The van der Waals surface area contributed by atoms with Crippen molar-refractivity contribution in [1.29, 1.82) is 0 Å². The highest BCUT2D eigenvalue weighted by Gasteiger charge is 2.21. The van der Waals surface area contributed by atoms with E-state index in [-0.39, 0.29) is 24.0 Å². The Morgan fingerprint density at radius 3 is 2.58 bits per heavy atom. The second-order valence-electron chi connectivity index (χ2n) is 7.33. The van der Waals surface area contributed by atoms with Gasteiger partial charge in [-0.25, -0.2) is 4.98 Å². The molecule has 2 heterocycles. The summed E-state index contributed by atoms with van der Waals surface area (Å²) in [5.74, 6) is 0.158. The molecule has 0 aliphatic heterocycles. The third-order valence-electron chi connectivity index (χ3n) is 5.14. The summed E-state index contributed by atoms with van der Waals surface area (Å²) in [6.45, 7) is 0.524. The number of carbonyl (C=O) groups is 1. The maximum Gasteiger partial charge on any atom is 0.154 e. The highest BCUT2D eigenvalue weighted by Crippen LogP contribution is 2.26. The van der Waals surface area contributed by atoms with Gasteiger partial charge in [0, 0.05) is 36.3 Å². The Kier molecular flexibility index (Phi) is 6.82. The fraction of sp³-hybridized carbons (Fsp3) is 0.160. The fourth-order valence-corrected chi connectivity index (χ4v) is 4.02. The highest BCUT2D eigenvalue weighted by molar-refractivity contribution is 7.07. The minimum Gasteiger partial charge on any atom is -0.508 e. The predicted octanol–water partition coefficient (Wildman–Crippen LogP) is 4.42. The van der Waals surface area contributed by atoms with Crippen molar-refractivity contribution in [3.05, 3.63) is 101 Å². The molecule has 4 aromatic rings. The molecule has 6 heteroatoms. The number of nitrogens with zero attached hydrogens (tertiary/aromatic N) is 2. The molecule has 31 heavy (non-hydrogen) atoms. The third-order valence-corrected chi connectivity index (χ3v) is 5.78. The number of hydrogen-bond acceptors (Lipinski definition) is 6. The molecular formula is C25H23N3O2S. The van der Waals surface area contributed by atoms with Crippen LogP contribution in [0, 0.1) is 0 Å². The van der Waals surface area contributed by atoms with Crippen molar-refractivity contribution in [2.24, 2.45) is 0 Å². The van der Waals surface area contributed by atoms with Gasteiger partial charge in [0.25, 0.3) is 0 Å². The number of aromatic nitrogens is 2. The van der Waals surface area contributed by atoms with Crippen molar-refractivity contribution in [3.63, 3.8) is 0 Å². The number of aromatic hydroxyl groups is 1. The Hall–Kier alpha value is -3.35. The average Bonchev–Trinajstić information content (AvgIpc) is 3.33. The van der Waals surface area contributed by atoms with Crippen LogP contribution in [0.25, 0.3) is 11.1 Å². The molecule has 2 N–H and O–H groups in total. The van der Waals surface area contributed by atoms with Crippen LogP contribution in [0.5, 0.6) is 5.75 Å². The first-order valence-corrected chi connectivity index (χ1v) is 11.0. The first kappa shape index (κ1) is 20.9. The molecule has 1 atom stereocenters. The number of phenols is 1. The van der Waals surface area contributed by atoms with Crippen molar-refractivity contribution in [3.8, 4) is 16.9 Å². The normalized spacial score (nSPS) is 11.9. The number of carbonyl (C=O) groups excluding carboxylic acids is 1. The van der Waals surface area contributed by atoms with E-state index in [0.29, 0.717) is 18.5 Å². The van der Waals surface area contributed by atoms with Gasteiger partial charge in [-0.3, -0.25) is 9.78 Å². The first-order valence-electron chi connectivity index (χ1n) is 10.1. The lowest BCUT2D eigenvalue weighted by molar-refractivity contribution is -0.120. The Bertz CT molecular complexity index is 1120. The van der Waals surface area contributed by atoms with E-state index in [1.54, 1.807) is 24.0 Å². The van der Waals surface area contributed by atoms with Crippen molar-refractivity contribution in [2.45, 2.75) is 25.4 Å². The Morgan fingerprint density at radius 2 is 1.84 bits per heavy atom. The number of pyridine rings is 1. The van der Waals surface area contributed by atoms with E-state index in [2.05, 4.69) is 15.3 Å². The lowest BCUT2D eigenvalue weighted by Gasteiger charge is -2.18. The number of rotatable bonds is 9. The van der Waals surface area contributed by atoms with E-state index < -0.39 is 0 Å². The van der Waals surface area contributed by atoms with Crippen LogP contribution in [-0.2, 0) is 24.2 Å². The van der Waals surface area contributed by atoms with Crippen molar-refractivity contribution < 1.29 is 9.90 Å². The molecule has 0 spiro atoms. The zero-order valence-electron chi connectivity index (χ0n) is 16.9. The van der Waals surface area contributed by atoms with E-state index in [0.717, 1.165) is 22.4 Å². The third kappa shape index (κ3) is 5.63. The quantitative estimate of drug-likeness (QED) is 0.412. The lowest BCUT2D eigenvalue weighted by Crippen LogP contribution is -2.39. The van der Waals surface area contributed by atoms with Crippen LogP contribution in [0.4, 0.5) is 0 Å². The van der Waals surface area contributed by atoms with E-state index in [1.807, 2.05) is 60.0 Å². The summed E-state index contributed by atoms with van der Waals surface area (Å²) in [4.78, 5) is 21.6. The van der Waals surface area contributed by atoms with Crippen LogP contribution in [0.2, 0.25) is 0 Å². The van der Waals surface area contributed by atoms with Gasteiger partial charge in [0.15, 0.2) is 5.78 Å². The topological polar surface area (TPSA) is 75.1 Å². The summed E-state index contributed by atoms with van der Waals surface area (Å²) in [7, 11) is 0. The Balaban J connectivity index is 1.53. The largest absolute Gasteiger partial charge is 0.508 e. The van der Waals surface area contributed by atoms with Crippen molar-refractivity contribution in [1.82, 2.24) is 15.3 Å². The number of ketones is 1. The lowest BCUT2D eigenvalue weighted by atomic mass is 9.95. The fourth-order valence-electron chi connectivity index (χ4n) is 3.46. The van der Waals surface area contributed by atoms with E-state index >= 15 is 0 Å². The number of nitrogens with one attached hydrogen (secondary N) is 1. The maximum absolute atomic E-state index is 13.3. The molecule has 0 amide bonds. The summed E-state index contributed by atoms with van der Waals surface area (Å²) in [5.41, 5.74) is 6.34. The molecule has 4 rings (SSSR count). The van der Waals surface area contributed by atoms with Gasteiger partial charge in [-0.2, -0.15) is 0 Å². The van der Waals surface area contributed by atoms with Crippen LogP contribution in [-0.4, -0.2) is 26.9 Å². The molecule has 0 fully saturated rings. The standard InChI is InChI=1S/C25H23N3O2S/c29-24-7-6-20(19-8-10-26-11-9-19)13-21(24)14-25(30)23(12-18-4-2-1-3-5-18)27-15-22-16-31-17-28-22/h1-11,13,16-17,23,27,29H,12,14-15H2/t23-/m0/s1. The molecule has 5 nitrogen and oxygen atoms in total. The van der Waals surface area contributed by atoms with Gasteiger partial charge in [0.1, 0.15) is 5.75 Å². The predicted molar refractivity (Wildman–Crippen MR) is 123 cm³/mol. The second-order valence-corrected chi connectivity index (χ2v) is 8.04.